The van der Waals surface area contributed by atoms with E-state index >= 15 is 0 Å². The van der Waals surface area contributed by atoms with E-state index < -0.39 is 11.8 Å². The molecule has 0 aliphatic carbocycles. The van der Waals surface area contributed by atoms with Gasteiger partial charge in [-0.25, -0.2) is 4.79 Å². The second-order valence-electron chi connectivity index (χ2n) is 8.95. The van der Waals surface area contributed by atoms with Crippen LogP contribution in [0.4, 0.5) is 4.79 Å². The third-order valence-electron chi connectivity index (χ3n) is 5.07. The molecule has 2 rings (SSSR count). The average molecular weight is 446 g/mol. The van der Waals surface area contributed by atoms with Crippen molar-refractivity contribution >= 4 is 23.0 Å². The van der Waals surface area contributed by atoms with E-state index in [4.69, 9.17) is 14.2 Å². The Morgan fingerprint density at radius 3 is 2.41 bits per heavy atom. The number of benzene rings is 1. The molecule has 0 saturated heterocycles. The number of aryl methyl sites for hydroxylation is 2. The number of rotatable bonds is 10. The van der Waals surface area contributed by atoms with Gasteiger partial charge in [-0.1, -0.05) is 38.7 Å². The van der Waals surface area contributed by atoms with E-state index in [2.05, 4.69) is 6.92 Å². The van der Waals surface area contributed by atoms with Gasteiger partial charge in [0.05, 0.1) is 18.6 Å². The highest BCUT2D eigenvalue weighted by atomic mass is 16.7. The lowest BCUT2D eigenvalue weighted by Crippen LogP contribution is -2.33. The number of unbranched alkanes of at least 4 members (excludes halogenated alkanes) is 4. The van der Waals surface area contributed by atoms with Gasteiger partial charge >= 0.3 is 12.1 Å². The fourth-order valence-electron chi connectivity index (χ4n) is 3.43. The molecule has 7 nitrogen and oxygen atoms in total. The lowest BCUT2D eigenvalue weighted by molar-refractivity contribution is -0.586. The topological polar surface area (TPSA) is 88.8 Å². The van der Waals surface area contributed by atoms with Gasteiger partial charge in [0.1, 0.15) is 5.60 Å². The Labute approximate surface area is 190 Å². The Balaban J connectivity index is 2.36. The molecule has 32 heavy (non-hydrogen) atoms. The van der Waals surface area contributed by atoms with Gasteiger partial charge in [0.25, 0.3) is 0 Å². The molecule has 0 amide bonds. The van der Waals surface area contributed by atoms with Gasteiger partial charge in [0.2, 0.25) is 5.52 Å². The monoisotopic (exact) mass is 445 g/mol. The van der Waals surface area contributed by atoms with Crippen LogP contribution in [0.15, 0.2) is 24.3 Å². The number of nitrogens with zero attached hydrogens (tertiary/aromatic N) is 1. The van der Waals surface area contributed by atoms with Crippen LogP contribution >= 0.6 is 0 Å². The Bertz CT molecular complexity index is 932. The van der Waals surface area contributed by atoms with Crippen molar-refractivity contribution in [1.29, 1.82) is 0 Å². The number of esters is 1. The molecule has 2 aromatic rings. The van der Waals surface area contributed by atoms with Crippen molar-refractivity contribution in [3.05, 3.63) is 40.7 Å². The molecule has 176 valence electrons. The quantitative estimate of drug-likeness (QED) is 0.210. The molecule has 0 radical (unpaired) electrons. The second-order valence-corrected chi connectivity index (χ2v) is 8.95. The summed E-state index contributed by atoms with van der Waals surface area (Å²) in [5.41, 5.74) is 1.10. The molecule has 1 aromatic heterocycles. The molecule has 1 heterocycles. The van der Waals surface area contributed by atoms with Crippen molar-refractivity contribution in [3.8, 4) is 5.75 Å². The molecule has 0 spiro atoms. The van der Waals surface area contributed by atoms with Crippen molar-refractivity contribution in [3.63, 3.8) is 0 Å². The second kappa shape index (κ2) is 11.7. The van der Waals surface area contributed by atoms with Gasteiger partial charge in [-0.05, 0) is 45.2 Å². The first-order chi connectivity index (χ1) is 15.1. The first-order valence-corrected chi connectivity index (χ1v) is 11.3. The number of ether oxygens (including phenoxy) is 3. The summed E-state index contributed by atoms with van der Waals surface area (Å²) < 4.78 is 16.4. The molecule has 0 fully saturated rings. The van der Waals surface area contributed by atoms with Crippen LogP contribution in [-0.4, -0.2) is 24.8 Å². The highest BCUT2D eigenvalue weighted by Crippen LogP contribution is 2.28. The van der Waals surface area contributed by atoms with Crippen LogP contribution in [0.2, 0.25) is 0 Å². The Hall–Kier alpha value is -2.83. The molecule has 7 heteroatoms. The fraction of sp³-hybridized carbons (Fsp3) is 0.560. The van der Waals surface area contributed by atoms with Crippen molar-refractivity contribution in [2.75, 3.05) is 7.11 Å². The SMILES string of the molecule is CCCCCCCc1cc(OC(=O)OC(C)(C)C)c2cc(CCC(=O)OC)ccc2[n+]1[O-]. The third-order valence-corrected chi connectivity index (χ3v) is 5.07. The van der Waals surface area contributed by atoms with Crippen molar-refractivity contribution in [2.45, 2.75) is 84.7 Å². The zero-order valence-electron chi connectivity index (χ0n) is 19.9. The summed E-state index contributed by atoms with van der Waals surface area (Å²) in [5.74, 6) is -0.0301. The molecule has 0 aliphatic rings. The summed E-state index contributed by atoms with van der Waals surface area (Å²) >= 11 is 0. The van der Waals surface area contributed by atoms with E-state index in [1.165, 1.54) is 13.5 Å². The van der Waals surface area contributed by atoms with E-state index in [0.29, 0.717) is 29.4 Å². The average Bonchev–Trinajstić information content (AvgIpc) is 2.73. The minimum Gasteiger partial charge on any atom is -0.618 e. The molecule has 0 bridgehead atoms. The van der Waals surface area contributed by atoms with Crippen LogP contribution in [0, 0.1) is 5.21 Å². The first kappa shape index (κ1) is 25.4. The van der Waals surface area contributed by atoms with E-state index in [9.17, 15) is 14.8 Å². The van der Waals surface area contributed by atoms with Crippen LogP contribution in [0.25, 0.3) is 10.9 Å². The lowest BCUT2D eigenvalue weighted by Gasteiger charge is -2.19. The number of hydrogen-bond acceptors (Lipinski definition) is 6. The lowest BCUT2D eigenvalue weighted by atomic mass is 10.0. The van der Waals surface area contributed by atoms with E-state index in [-0.39, 0.29) is 18.1 Å². The Morgan fingerprint density at radius 1 is 1.03 bits per heavy atom. The number of carbonyl (C=O) groups is 2. The molecule has 0 atom stereocenters. The predicted molar refractivity (Wildman–Crippen MR) is 123 cm³/mol. The van der Waals surface area contributed by atoms with Crippen molar-refractivity contribution in [2.24, 2.45) is 0 Å². The molecule has 0 aliphatic heterocycles. The largest absolute Gasteiger partial charge is 0.618 e. The summed E-state index contributed by atoms with van der Waals surface area (Å²) in [5, 5.41) is 13.5. The van der Waals surface area contributed by atoms with E-state index in [0.717, 1.165) is 36.0 Å². The van der Waals surface area contributed by atoms with Gasteiger partial charge in [0, 0.05) is 18.9 Å². The minimum atomic E-state index is -0.823. The van der Waals surface area contributed by atoms with Gasteiger partial charge in [-0.2, -0.15) is 4.73 Å². The minimum absolute atomic E-state index is 0.220. The number of methoxy groups -OCH3 is 1. The smallest absolute Gasteiger partial charge is 0.514 e. The molecule has 0 N–H and O–H groups in total. The van der Waals surface area contributed by atoms with E-state index in [1.54, 1.807) is 39.0 Å². The van der Waals surface area contributed by atoms with Crippen molar-refractivity contribution < 1.29 is 28.5 Å². The van der Waals surface area contributed by atoms with Crippen LogP contribution in [0.3, 0.4) is 0 Å². The first-order valence-electron chi connectivity index (χ1n) is 11.3. The van der Waals surface area contributed by atoms with Crippen LogP contribution in [-0.2, 0) is 27.1 Å². The van der Waals surface area contributed by atoms with E-state index in [1.807, 2.05) is 6.07 Å². The maximum absolute atomic E-state index is 13.0. The molecule has 1 aromatic carbocycles. The maximum Gasteiger partial charge on any atom is 0.514 e. The Kier molecular flexibility index (Phi) is 9.29. The summed E-state index contributed by atoms with van der Waals surface area (Å²) in [6, 6.07) is 6.92. The van der Waals surface area contributed by atoms with Gasteiger partial charge in [-0.3, -0.25) is 4.79 Å². The van der Waals surface area contributed by atoms with Crippen molar-refractivity contribution in [1.82, 2.24) is 0 Å². The normalized spacial score (nSPS) is 11.4. The summed E-state index contributed by atoms with van der Waals surface area (Å²) in [4.78, 5) is 23.8. The zero-order chi connectivity index (χ0) is 23.7. The zero-order valence-corrected chi connectivity index (χ0v) is 19.9. The summed E-state index contributed by atoms with van der Waals surface area (Å²) in [6.07, 6.45) is 5.84. The standard InChI is InChI=1S/C25H35NO6/c1-6-7-8-9-10-11-19-17-22(31-24(28)32-25(2,3)4)20-16-18(13-15-23(27)30-5)12-14-21(20)26(19)29/h12,14,16-17H,6-11,13,15H2,1-5H3. The van der Waals surface area contributed by atoms with Gasteiger partial charge in [0.15, 0.2) is 11.4 Å². The highest BCUT2D eigenvalue weighted by Gasteiger charge is 2.23. The predicted octanol–water partition coefficient (Wildman–Crippen LogP) is 5.41. The number of pyridine rings is 1. The number of fused-ring (bicyclic) bond motifs is 1. The number of carbonyl (C=O) groups excluding carboxylic acids is 2. The fourth-order valence-corrected chi connectivity index (χ4v) is 3.43. The molecular formula is C25H35NO6. The summed E-state index contributed by atoms with van der Waals surface area (Å²) in [6.45, 7) is 7.44. The third kappa shape index (κ3) is 7.70. The van der Waals surface area contributed by atoms with Crippen LogP contribution in [0.1, 0.15) is 77.5 Å². The molecule has 0 saturated carbocycles. The van der Waals surface area contributed by atoms with Crippen LogP contribution in [0.5, 0.6) is 5.75 Å². The number of aromatic nitrogens is 1. The highest BCUT2D eigenvalue weighted by molar-refractivity contribution is 5.85. The van der Waals surface area contributed by atoms with Crippen LogP contribution < -0.4 is 9.47 Å². The van der Waals surface area contributed by atoms with Gasteiger partial charge in [-0.15, -0.1) is 0 Å². The maximum atomic E-state index is 13.0. The Morgan fingerprint density at radius 2 is 1.75 bits per heavy atom. The summed E-state index contributed by atoms with van der Waals surface area (Å²) in [7, 11) is 1.35. The molecule has 0 unspecified atom stereocenters. The van der Waals surface area contributed by atoms with Gasteiger partial charge < -0.3 is 19.4 Å². The number of hydrogen-bond donors (Lipinski definition) is 0. The molecular weight excluding hydrogens is 410 g/mol.